The normalized spacial score (nSPS) is 16.7. The van der Waals surface area contributed by atoms with Crippen LogP contribution in [0.15, 0.2) is 30.5 Å². The van der Waals surface area contributed by atoms with E-state index in [0.717, 1.165) is 37.0 Å². The molecule has 23 heavy (non-hydrogen) atoms. The van der Waals surface area contributed by atoms with Crippen molar-refractivity contribution in [1.29, 1.82) is 0 Å². The zero-order valence-electron chi connectivity index (χ0n) is 14.1. The molecular formula is C18H25N3O2. The molecule has 1 saturated heterocycles. The predicted octanol–water partition coefficient (Wildman–Crippen LogP) is 3.80. The van der Waals surface area contributed by atoms with Crippen molar-refractivity contribution in [3.63, 3.8) is 0 Å². The van der Waals surface area contributed by atoms with Crippen molar-refractivity contribution in [2.24, 2.45) is 0 Å². The minimum atomic E-state index is -0.442. The van der Waals surface area contributed by atoms with Crippen LogP contribution in [-0.2, 0) is 4.74 Å². The molecule has 1 aromatic heterocycles. The highest BCUT2D eigenvalue weighted by molar-refractivity contribution is 5.91. The van der Waals surface area contributed by atoms with Gasteiger partial charge >= 0.3 is 6.09 Å². The molecule has 2 heterocycles. The summed E-state index contributed by atoms with van der Waals surface area (Å²) in [5, 5.41) is 1.10. The highest BCUT2D eigenvalue weighted by Crippen LogP contribution is 2.30. The monoisotopic (exact) mass is 315 g/mol. The van der Waals surface area contributed by atoms with E-state index >= 15 is 0 Å². The minimum absolute atomic E-state index is 0.211. The number of hydrogen-bond donors (Lipinski definition) is 1. The van der Waals surface area contributed by atoms with Gasteiger partial charge in [-0.05, 0) is 51.8 Å². The molecule has 1 aromatic carbocycles. The first-order valence-electron chi connectivity index (χ1n) is 8.18. The van der Waals surface area contributed by atoms with Crippen LogP contribution in [0.1, 0.15) is 39.7 Å². The summed E-state index contributed by atoms with van der Waals surface area (Å²) in [6, 6.07) is 8.49. The molecule has 0 saturated carbocycles. The van der Waals surface area contributed by atoms with Gasteiger partial charge in [0.25, 0.3) is 0 Å². The Kier molecular flexibility index (Phi) is 3.96. The van der Waals surface area contributed by atoms with Crippen LogP contribution in [0.25, 0.3) is 10.9 Å². The molecule has 0 atom stereocenters. The molecule has 1 aliphatic heterocycles. The number of carbonyl (C=O) groups is 1. The Morgan fingerprint density at radius 3 is 2.57 bits per heavy atom. The molecule has 2 N–H and O–H groups in total. The molecule has 0 bridgehead atoms. The summed E-state index contributed by atoms with van der Waals surface area (Å²) in [7, 11) is 0. The summed E-state index contributed by atoms with van der Waals surface area (Å²) in [6.07, 6.45) is 3.75. The summed E-state index contributed by atoms with van der Waals surface area (Å²) in [5.74, 6) is 0. The third kappa shape index (κ3) is 3.28. The third-order valence-corrected chi connectivity index (χ3v) is 4.31. The highest BCUT2D eigenvalue weighted by atomic mass is 16.6. The number of rotatable bonds is 1. The number of piperidine rings is 1. The van der Waals surface area contributed by atoms with E-state index < -0.39 is 5.60 Å². The number of benzene rings is 1. The fourth-order valence-corrected chi connectivity index (χ4v) is 3.18. The molecule has 124 valence electrons. The van der Waals surface area contributed by atoms with Gasteiger partial charge in [-0.25, -0.2) is 4.79 Å². The molecule has 1 fully saturated rings. The number of nitrogens with zero attached hydrogens (tertiary/aromatic N) is 2. The fraction of sp³-hybridized carbons (Fsp3) is 0.500. The molecule has 0 radical (unpaired) electrons. The SMILES string of the molecule is CC(C)(C)OC(=O)N1CCC(n2ccc3c(N)cccc32)CC1. The summed E-state index contributed by atoms with van der Waals surface area (Å²) in [4.78, 5) is 14.0. The van der Waals surface area contributed by atoms with E-state index in [1.807, 2.05) is 37.8 Å². The largest absolute Gasteiger partial charge is 0.444 e. The molecule has 5 nitrogen and oxygen atoms in total. The number of ether oxygens (including phenoxy) is 1. The maximum atomic E-state index is 12.1. The van der Waals surface area contributed by atoms with Crippen LogP contribution in [-0.4, -0.2) is 34.3 Å². The zero-order chi connectivity index (χ0) is 16.6. The fourth-order valence-electron chi connectivity index (χ4n) is 3.18. The molecule has 1 aliphatic rings. The second-order valence-electron chi connectivity index (χ2n) is 7.20. The number of nitrogens with two attached hydrogens (primary N) is 1. The van der Waals surface area contributed by atoms with E-state index in [2.05, 4.69) is 22.9 Å². The van der Waals surface area contributed by atoms with Gasteiger partial charge in [-0.2, -0.15) is 0 Å². The van der Waals surface area contributed by atoms with Crippen molar-refractivity contribution in [2.75, 3.05) is 18.8 Å². The van der Waals surface area contributed by atoms with E-state index in [1.165, 1.54) is 5.52 Å². The number of fused-ring (bicyclic) bond motifs is 1. The third-order valence-electron chi connectivity index (χ3n) is 4.31. The Labute approximate surface area is 137 Å². The van der Waals surface area contributed by atoms with Gasteiger partial charge in [0, 0.05) is 36.4 Å². The lowest BCUT2D eigenvalue weighted by atomic mass is 10.0. The smallest absolute Gasteiger partial charge is 0.410 e. The van der Waals surface area contributed by atoms with Crippen molar-refractivity contribution in [2.45, 2.75) is 45.3 Å². The van der Waals surface area contributed by atoms with Crippen molar-refractivity contribution in [3.8, 4) is 0 Å². The Hall–Kier alpha value is -2.17. The second-order valence-corrected chi connectivity index (χ2v) is 7.20. The Balaban J connectivity index is 1.69. The zero-order valence-corrected chi connectivity index (χ0v) is 14.1. The molecule has 2 aromatic rings. The lowest BCUT2D eigenvalue weighted by Gasteiger charge is -2.34. The van der Waals surface area contributed by atoms with Crippen LogP contribution in [0.3, 0.4) is 0 Å². The number of nitrogen functional groups attached to an aromatic ring is 1. The van der Waals surface area contributed by atoms with E-state index in [1.54, 1.807) is 0 Å². The second kappa shape index (κ2) is 5.80. The molecule has 0 spiro atoms. The number of amides is 1. The summed E-state index contributed by atoms with van der Waals surface area (Å²) < 4.78 is 7.74. The molecule has 0 unspecified atom stereocenters. The van der Waals surface area contributed by atoms with Gasteiger partial charge in [0.15, 0.2) is 0 Å². The van der Waals surface area contributed by atoms with Gasteiger partial charge in [-0.1, -0.05) is 6.07 Å². The van der Waals surface area contributed by atoms with Gasteiger partial charge in [0.2, 0.25) is 0 Å². The topological polar surface area (TPSA) is 60.5 Å². The van der Waals surface area contributed by atoms with Crippen LogP contribution in [0.4, 0.5) is 10.5 Å². The van der Waals surface area contributed by atoms with Crippen LogP contribution in [0.5, 0.6) is 0 Å². The number of carbonyl (C=O) groups excluding carboxylic acids is 1. The van der Waals surface area contributed by atoms with Crippen LogP contribution < -0.4 is 5.73 Å². The number of anilines is 1. The van der Waals surface area contributed by atoms with Crippen molar-refractivity contribution >= 4 is 22.7 Å². The van der Waals surface area contributed by atoms with Gasteiger partial charge in [0.1, 0.15) is 5.60 Å². The Morgan fingerprint density at radius 1 is 1.22 bits per heavy atom. The maximum Gasteiger partial charge on any atom is 0.410 e. The summed E-state index contributed by atoms with van der Waals surface area (Å²) in [6.45, 7) is 7.14. The van der Waals surface area contributed by atoms with E-state index in [0.29, 0.717) is 6.04 Å². The van der Waals surface area contributed by atoms with Gasteiger partial charge < -0.3 is 19.9 Å². The predicted molar refractivity (Wildman–Crippen MR) is 92.4 cm³/mol. The van der Waals surface area contributed by atoms with Gasteiger partial charge in [0.05, 0.1) is 5.52 Å². The van der Waals surface area contributed by atoms with Gasteiger partial charge in [-0.3, -0.25) is 0 Å². The average Bonchev–Trinajstić information content (AvgIpc) is 2.91. The van der Waals surface area contributed by atoms with E-state index in [9.17, 15) is 4.79 Å². The van der Waals surface area contributed by atoms with Crippen molar-refractivity contribution in [3.05, 3.63) is 30.5 Å². The van der Waals surface area contributed by atoms with E-state index in [4.69, 9.17) is 10.5 Å². The summed E-state index contributed by atoms with van der Waals surface area (Å²) in [5.41, 5.74) is 7.57. The molecule has 5 heteroatoms. The first-order chi connectivity index (χ1) is 10.8. The molecular weight excluding hydrogens is 290 g/mol. The number of likely N-dealkylation sites (tertiary alicyclic amines) is 1. The molecule has 0 aliphatic carbocycles. The lowest BCUT2D eigenvalue weighted by Crippen LogP contribution is -2.42. The minimum Gasteiger partial charge on any atom is -0.444 e. The highest BCUT2D eigenvalue weighted by Gasteiger charge is 2.27. The summed E-state index contributed by atoms with van der Waals surface area (Å²) >= 11 is 0. The quantitative estimate of drug-likeness (QED) is 0.814. The Bertz CT molecular complexity index is 707. The first kappa shape index (κ1) is 15.7. The standard InChI is InChI=1S/C18H25N3O2/c1-18(2,3)23-17(22)20-10-7-13(8-11-20)21-12-9-14-15(19)5-4-6-16(14)21/h4-6,9,12-13H,7-8,10-11,19H2,1-3H3. The van der Waals surface area contributed by atoms with E-state index in [-0.39, 0.29) is 6.09 Å². The number of hydrogen-bond acceptors (Lipinski definition) is 3. The number of aromatic nitrogens is 1. The lowest BCUT2D eigenvalue weighted by molar-refractivity contribution is 0.0190. The average molecular weight is 315 g/mol. The van der Waals surface area contributed by atoms with Crippen LogP contribution in [0, 0.1) is 0 Å². The van der Waals surface area contributed by atoms with Crippen LogP contribution >= 0.6 is 0 Å². The maximum absolute atomic E-state index is 12.1. The first-order valence-corrected chi connectivity index (χ1v) is 8.18. The van der Waals surface area contributed by atoms with Crippen molar-refractivity contribution in [1.82, 2.24) is 9.47 Å². The van der Waals surface area contributed by atoms with Gasteiger partial charge in [-0.15, -0.1) is 0 Å². The van der Waals surface area contributed by atoms with Crippen molar-refractivity contribution < 1.29 is 9.53 Å². The molecule has 3 rings (SSSR count). The molecule has 1 amide bonds. The Morgan fingerprint density at radius 2 is 1.91 bits per heavy atom. The van der Waals surface area contributed by atoms with Crippen LogP contribution in [0.2, 0.25) is 0 Å².